The van der Waals surface area contributed by atoms with Crippen molar-refractivity contribution in [1.29, 1.82) is 0 Å². The number of amides is 1. The number of hydrogen-bond acceptors (Lipinski definition) is 3. The van der Waals surface area contributed by atoms with Crippen molar-refractivity contribution in [3.8, 4) is 0 Å². The summed E-state index contributed by atoms with van der Waals surface area (Å²) in [5, 5.41) is 3.46. The van der Waals surface area contributed by atoms with Gasteiger partial charge in [0.15, 0.2) is 5.96 Å². The fourth-order valence-corrected chi connectivity index (χ4v) is 4.63. The van der Waals surface area contributed by atoms with E-state index in [1.165, 1.54) is 22.3 Å². The Hall–Kier alpha value is -2.13. The minimum Gasteiger partial charge on any atom is -0.356 e. The van der Waals surface area contributed by atoms with Crippen LogP contribution in [0.5, 0.6) is 0 Å². The van der Waals surface area contributed by atoms with E-state index in [1.54, 1.807) is 0 Å². The average molecular weight is 562 g/mol. The van der Waals surface area contributed by atoms with E-state index in [-0.39, 0.29) is 29.9 Å². The van der Waals surface area contributed by atoms with Gasteiger partial charge in [-0.2, -0.15) is 0 Å². The second-order valence-corrected chi connectivity index (χ2v) is 8.85. The van der Waals surface area contributed by atoms with Crippen molar-refractivity contribution in [2.75, 3.05) is 39.8 Å². The highest BCUT2D eigenvalue weighted by molar-refractivity contribution is 14.0. The standard InChI is InChI=1S/C26H35N5O.HI/c1-21-7-5-8-22(17-21)18-29-13-15-30(16-14-29)26(27-2)28-12-6-11-25(32)31-19-23-9-3-4-10-24(23)20-31;/h3-5,7-10,17H,6,11-16,18-20H2,1-2H3,(H,27,28);1H. The fourth-order valence-electron chi connectivity index (χ4n) is 4.63. The Morgan fingerprint density at radius 3 is 2.30 bits per heavy atom. The van der Waals surface area contributed by atoms with E-state index in [0.717, 1.165) is 64.7 Å². The van der Waals surface area contributed by atoms with Gasteiger partial charge in [-0.3, -0.25) is 14.7 Å². The lowest BCUT2D eigenvalue weighted by atomic mass is 10.1. The number of benzene rings is 2. The van der Waals surface area contributed by atoms with Crippen LogP contribution in [0.1, 0.15) is 35.1 Å². The zero-order valence-electron chi connectivity index (χ0n) is 19.8. The van der Waals surface area contributed by atoms with E-state index in [9.17, 15) is 4.79 Å². The molecule has 0 spiro atoms. The number of aliphatic imine (C=N–C) groups is 1. The predicted octanol–water partition coefficient (Wildman–Crippen LogP) is 3.63. The Bertz CT molecular complexity index is 930. The maximum Gasteiger partial charge on any atom is 0.223 e. The van der Waals surface area contributed by atoms with Gasteiger partial charge < -0.3 is 15.1 Å². The quantitative estimate of drug-likeness (QED) is 0.254. The Balaban J connectivity index is 0.00000306. The number of fused-ring (bicyclic) bond motifs is 1. The Morgan fingerprint density at radius 2 is 1.67 bits per heavy atom. The summed E-state index contributed by atoms with van der Waals surface area (Å²) in [5.74, 6) is 1.18. The molecule has 6 nitrogen and oxygen atoms in total. The molecule has 0 unspecified atom stereocenters. The molecular formula is C26H36IN5O. The van der Waals surface area contributed by atoms with Crippen molar-refractivity contribution in [3.63, 3.8) is 0 Å². The van der Waals surface area contributed by atoms with E-state index in [2.05, 4.69) is 63.4 Å². The molecule has 2 aromatic carbocycles. The van der Waals surface area contributed by atoms with Crippen molar-refractivity contribution in [2.45, 2.75) is 39.4 Å². The lowest BCUT2D eigenvalue weighted by Gasteiger charge is -2.36. The summed E-state index contributed by atoms with van der Waals surface area (Å²) in [6.07, 6.45) is 1.39. The van der Waals surface area contributed by atoms with Crippen LogP contribution in [0.15, 0.2) is 53.5 Å². The van der Waals surface area contributed by atoms with Gasteiger partial charge in [-0.05, 0) is 30.0 Å². The third-order valence-corrected chi connectivity index (χ3v) is 6.42. The second kappa shape index (κ2) is 12.4. The van der Waals surface area contributed by atoms with Crippen LogP contribution in [0, 0.1) is 6.92 Å². The maximum atomic E-state index is 12.6. The first kappa shape index (κ1) is 25.5. The molecule has 178 valence electrons. The molecule has 7 heteroatoms. The molecule has 2 aromatic rings. The molecule has 0 aliphatic carbocycles. The second-order valence-electron chi connectivity index (χ2n) is 8.85. The lowest BCUT2D eigenvalue weighted by Crippen LogP contribution is -2.52. The predicted molar refractivity (Wildman–Crippen MR) is 145 cm³/mol. The third kappa shape index (κ3) is 6.93. The largest absolute Gasteiger partial charge is 0.356 e. The number of carbonyl (C=O) groups excluding carboxylic acids is 1. The normalized spacial score (nSPS) is 16.4. The van der Waals surface area contributed by atoms with Crippen molar-refractivity contribution in [1.82, 2.24) is 20.0 Å². The number of halogens is 1. The number of carbonyl (C=O) groups is 1. The average Bonchev–Trinajstić information content (AvgIpc) is 3.24. The molecule has 0 atom stereocenters. The van der Waals surface area contributed by atoms with Gasteiger partial charge in [-0.15, -0.1) is 24.0 Å². The summed E-state index contributed by atoms with van der Waals surface area (Å²) in [6.45, 7) is 9.41. The SMILES string of the molecule is CN=C(NCCCC(=O)N1Cc2ccccc2C1)N1CCN(Cc2cccc(C)c2)CC1.I. The summed E-state index contributed by atoms with van der Waals surface area (Å²) >= 11 is 0. The number of rotatable bonds is 6. The van der Waals surface area contributed by atoms with Crippen molar-refractivity contribution < 1.29 is 4.79 Å². The van der Waals surface area contributed by atoms with Crippen LogP contribution in [0.3, 0.4) is 0 Å². The van der Waals surface area contributed by atoms with Gasteiger partial charge in [-0.25, -0.2) is 0 Å². The minimum atomic E-state index is 0. The molecular weight excluding hydrogens is 525 g/mol. The van der Waals surface area contributed by atoms with Crippen LogP contribution in [0.4, 0.5) is 0 Å². The highest BCUT2D eigenvalue weighted by Crippen LogP contribution is 2.22. The zero-order chi connectivity index (χ0) is 22.3. The number of hydrogen-bond donors (Lipinski definition) is 1. The van der Waals surface area contributed by atoms with E-state index < -0.39 is 0 Å². The summed E-state index contributed by atoms with van der Waals surface area (Å²) in [6, 6.07) is 17.1. The first-order chi connectivity index (χ1) is 15.6. The topological polar surface area (TPSA) is 51.2 Å². The molecule has 2 heterocycles. The first-order valence-electron chi connectivity index (χ1n) is 11.7. The van der Waals surface area contributed by atoms with Crippen molar-refractivity contribution in [3.05, 3.63) is 70.8 Å². The first-order valence-corrected chi connectivity index (χ1v) is 11.7. The third-order valence-electron chi connectivity index (χ3n) is 6.42. The summed E-state index contributed by atoms with van der Waals surface area (Å²) in [5.41, 5.74) is 5.26. The summed E-state index contributed by atoms with van der Waals surface area (Å²) in [7, 11) is 1.84. The van der Waals surface area contributed by atoms with Crippen LogP contribution in [-0.4, -0.2) is 66.3 Å². The monoisotopic (exact) mass is 561 g/mol. The van der Waals surface area contributed by atoms with Gasteiger partial charge in [0.25, 0.3) is 0 Å². The van der Waals surface area contributed by atoms with Crippen molar-refractivity contribution >= 4 is 35.8 Å². The Kier molecular flexibility index (Phi) is 9.55. The highest BCUT2D eigenvalue weighted by atomic mass is 127. The summed E-state index contributed by atoms with van der Waals surface area (Å²) < 4.78 is 0. The Morgan fingerprint density at radius 1 is 0.970 bits per heavy atom. The molecule has 1 amide bonds. The molecule has 2 aliphatic rings. The fraction of sp³-hybridized carbons (Fsp3) is 0.462. The van der Waals surface area contributed by atoms with E-state index in [1.807, 2.05) is 24.1 Å². The molecule has 1 N–H and O–H groups in total. The number of piperazine rings is 1. The van der Waals surface area contributed by atoms with Crippen LogP contribution in [0.25, 0.3) is 0 Å². The highest BCUT2D eigenvalue weighted by Gasteiger charge is 2.23. The van der Waals surface area contributed by atoms with E-state index in [4.69, 9.17) is 0 Å². The van der Waals surface area contributed by atoms with Gasteiger partial charge in [0.2, 0.25) is 5.91 Å². The smallest absolute Gasteiger partial charge is 0.223 e. The number of nitrogens with one attached hydrogen (secondary N) is 1. The zero-order valence-corrected chi connectivity index (χ0v) is 22.1. The molecule has 4 rings (SSSR count). The van der Waals surface area contributed by atoms with Gasteiger partial charge in [-0.1, -0.05) is 54.1 Å². The number of aryl methyl sites for hydroxylation is 1. The van der Waals surface area contributed by atoms with Gasteiger partial charge in [0, 0.05) is 65.8 Å². The molecule has 0 bridgehead atoms. The molecule has 33 heavy (non-hydrogen) atoms. The molecule has 0 radical (unpaired) electrons. The van der Waals surface area contributed by atoms with Gasteiger partial charge in [0.05, 0.1) is 0 Å². The molecule has 0 aromatic heterocycles. The number of nitrogens with zero attached hydrogens (tertiary/aromatic N) is 4. The van der Waals surface area contributed by atoms with Crippen molar-refractivity contribution in [2.24, 2.45) is 4.99 Å². The number of guanidine groups is 1. The minimum absolute atomic E-state index is 0. The summed E-state index contributed by atoms with van der Waals surface area (Å²) in [4.78, 5) is 23.9. The van der Waals surface area contributed by atoms with Gasteiger partial charge in [0.1, 0.15) is 0 Å². The molecule has 1 fully saturated rings. The van der Waals surface area contributed by atoms with Crippen LogP contribution < -0.4 is 5.32 Å². The van der Waals surface area contributed by atoms with E-state index >= 15 is 0 Å². The molecule has 0 saturated carbocycles. The maximum absolute atomic E-state index is 12.6. The van der Waals surface area contributed by atoms with Gasteiger partial charge >= 0.3 is 0 Å². The Labute approximate surface area is 215 Å². The lowest BCUT2D eigenvalue weighted by molar-refractivity contribution is -0.131. The van der Waals surface area contributed by atoms with Crippen LogP contribution in [-0.2, 0) is 24.4 Å². The molecule has 1 saturated heterocycles. The molecule has 2 aliphatic heterocycles. The van der Waals surface area contributed by atoms with E-state index in [0.29, 0.717) is 6.42 Å². The van der Waals surface area contributed by atoms with Crippen LogP contribution in [0.2, 0.25) is 0 Å². The van der Waals surface area contributed by atoms with Crippen LogP contribution >= 0.6 is 24.0 Å².